The maximum absolute atomic E-state index is 12.4. The maximum Gasteiger partial charge on any atom is 0.338 e. The Kier molecular flexibility index (Phi) is 6.25. The average Bonchev–Trinajstić information content (AvgIpc) is 3.14. The second-order valence-corrected chi connectivity index (χ2v) is 8.35. The summed E-state index contributed by atoms with van der Waals surface area (Å²) in [6.45, 7) is 2.84. The van der Waals surface area contributed by atoms with Crippen LogP contribution in [0.25, 0.3) is 0 Å². The molecule has 0 spiro atoms. The molecule has 1 fully saturated rings. The molecule has 1 heterocycles. The van der Waals surface area contributed by atoms with Gasteiger partial charge in [-0.15, -0.1) is 0 Å². The molecule has 8 nitrogen and oxygen atoms in total. The number of hydrogen-bond acceptors (Lipinski definition) is 6. The number of carbonyl (C=O) groups is 2. The van der Waals surface area contributed by atoms with Crippen molar-refractivity contribution in [2.45, 2.75) is 30.8 Å². The fourth-order valence-electron chi connectivity index (χ4n) is 2.68. The smallest absolute Gasteiger partial charge is 0.338 e. The lowest BCUT2D eigenvalue weighted by Crippen LogP contribution is -2.38. The Morgan fingerprint density at radius 1 is 1.19 bits per heavy atom. The molecule has 1 saturated heterocycles. The lowest BCUT2D eigenvalue weighted by Gasteiger charge is -2.20. The number of ether oxygens (including phenoxy) is 2. The van der Waals surface area contributed by atoms with Gasteiger partial charge in [-0.2, -0.15) is 0 Å². The fourth-order valence-corrected chi connectivity index (χ4v) is 3.75. The average molecular weight is 384 g/mol. The number of sulfonamides is 1. The molecule has 9 heteroatoms. The van der Waals surface area contributed by atoms with E-state index in [1.807, 2.05) is 0 Å². The number of amides is 1. The predicted molar refractivity (Wildman–Crippen MR) is 94.6 cm³/mol. The van der Waals surface area contributed by atoms with Gasteiger partial charge in [0.15, 0.2) is 6.10 Å². The third-order valence-electron chi connectivity index (χ3n) is 4.21. The first-order valence-electron chi connectivity index (χ1n) is 8.29. The Morgan fingerprint density at radius 3 is 2.35 bits per heavy atom. The molecule has 1 aliphatic rings. The van der Waals surface area contributed by atoms with Crippen LogP contribution in [0.3, 0.4) is 0 Å². The van der Waals surface area contributed by atoms with E-state index < -0.39 is 22.1 Å². The first kappa shape index (κ1) is 20.2. The molecule has 2 rings (SSSR count). The van der Waals surface area contributed by atoms with E-state index in [2.05, 4.69) is 0 Å². The van der Waals surface area contributed by atoms with Crippen molar-refractivity contribution >= 4 is 21.9 Å². The van der Waals surface area contributed by atoms with Crippen LogP contribution in [-0.4, -0.2) is 69.9 Å². The number of benzene rings is 1. The van der Waals surface area contributed by atoms with Crippen LogP contribution in [0.4, 0.5) is 0 Å². The van der Waals surface area contributed by atoms with E-state index in [4.69, 9.17) is 9.47 Å². The monoisotopic (exact) mass is 384 g/mol. The minimum atomic E-state index is -3.81. The Bertz CT molecular complexity index is 784. The molecule has 0 radical (unpaired) electrons. The zero-order valence-electron chi connectivity index (χ0n) is 15.4. The number of esters is 1. The molecule has 0 aromatic heterocycles. The number of carbonyl (C=O) groups excluding carboxylic acids is 2. The molecule has 0 N–H and O–H groups in total. The van der Waals surface area contributed by atoms with Crippen LogP contribution in [0.2, 0.25) is 0 Å². The molecule has 1 aromatic carbocycles. The van der Waals surface area contributed by atoms with Crippen molar-refractivity contribution in [1.29, 1.82) is 0 Å². The van der Waals surface area contributed by atoms with Crippen molar-refractivity contribution < 1.29 is 27.5 Å². The van der Waals surface area contributed by atoms with Gasteiger partial charge in [0.25, 0.3) is 5.91 Å². The number of rotatable bonds is 6. The van der Waals surface area contributed by atoms with E-state index in [-0.39, 0.29) is 22.1 Å². The van der Waals surface area contributed by atoms with Crippen LogP contribution in [-0.2, 0) is 19.6 Å². The van der Waals surface area contributed by atoms with E-state index in [0.29, 0.717) is 13.1 Å². The van der Waals surface area contributed by atoms with Gasteiger partial charge >= 0.3 is 5.97 Å². The van der Waals surface area contributed by atoms with Crippen LogP contribution in [0.1, 0.15) is 30.1 Å². The van der Waals surface area contributed by atoms with E-state index in [0.717, 1.165) is 17.1 Å². The largest absolute Gasteiger partial charge is 0.495 e. The Balaban J connectivity index is 2.22. The van der Waals surface area contributed by atoms with Crippen molar-refractivity contribution in [2.24, 2.45) is 0 Å². The van der Waals surface area contributed by atoms with Crippen LogP contribution in [0.15, 0.2) is 23.1 Å². The third-order valence-corrected chi connectivity index (χ3v) is 6.04. The first-order chi connectivity index (χ1) is 12.2. The summed E-state index contributed by atoms with van der Waals surface area (Å²) >= 11 is 0. The molecule has 0 unspecified atom stereocenters. The van der Waals surface area contributed by atoms with Gasteiger partial charge in [-0.05, 0) is 38.0 Å². The van der Waals surface area contributed by atoms with Gasteiger partial charge in [0.05, 0.1) is 12.7 Å². The lowest BCUT2D eigenvalue weighted by atomic mass is 10.2. The molecule has 144 valence electrons. The van der Waals surface area contributed by atoms with Gasteiger partial charge in [-0.3, -0.25) is 4.79 Å². The van der Waals surface area contributed by atoms with Crippen molar-refractivity contribution in [3.05, 3.63) is 23.8 Å². The second-order valence-electron chi connectivity index (χ2n) is 6.23. The van der Waals surface area contributed by atoms with E-state index >= 15 is 0 Å². The summed E-state index contributed by atoms with van der Waals surface area (Å²) in [6.07, 6.45) is 0.949. The van der Waals surface area contributed by atoms with E-state index in [9.17, 15) is 18.0 Å². The molecule has 1 amide bonds. The molecule has 26 heavy (non-hydrogen) atoms. The summed E-state index contributed by atoms with van der Waals surface area (Å²) < 4.78 is 36.2. The number of nitrogens with zero attached hydrogens (tertiary/aromatic N) is 2. The van der Waals surface area contributed by atoms with E-state index in [1.54, 1.807) is 4.90 Å². The topological polar surface area (TPSA) is 93.2 Å². The van der Waals surface area contributed by atoms with Crippen molar-refractivity contribution in [2.75, 3.05) is 34.3 Å². The van der Waals surface area contributed by atoms with Crippen molar-refractivity contribution in [3.8, 4) is 5.75 Å². The van der Waals surface area contributed by atoms with Gasteiger partial charge in [-0.25, -0.2) is 17.5 Å². The highest BCUT2D eigenvalue weighted by Crippen LogP contribution is 2.27. The van der Waals surface area contributed by atoms with Crippen molar-refractivity contribution in [3.63, 3.8) is 0 Å². The summed E-state index contributed by atoms with van der Waals surface area (Å²) in [6, 6.07) is 3.99. The standard InChI is InChI=1S/C17H24N2O6S/c1-12(16(20)19-9-5-6-10-19)25-17(21)13-7-8-14(24-4)15(11-13)26(22,23)18(2)3/h7-8,11-12H,5-6,9-10H2,1-4H3/t12-/m1/s1. The van der Waals surface area contributed by atoms with Crippen LogP contribution in [0, 0.1) is 0 Å². The molecular formula is C17H24N2O6S. The summed E-state index contributed by atoms with van der Waals surface area (Å²) in [5, 5.41) is 0. The Morgan fingerprint density at radius 2 is 1.81 bits per heavy atom. The van der Waals surface area contributed by atoms with Crippen LogP contribution >= 0.6 is 0 Å². The van der Waals surface area contributed by atoms with Gasteiger partial charge in [0, 0.05) is 27.2 Å². The highest BCUT2D eigenvalue weighted by Gasteiger charge is 2.28. The minimum Gasteiger partial charge on any atom is -0.495 e. The van der Waals surface area contributed by atoms with Gasteiger partial charge in [-0.1, -0.05) is 0 Å². The molecule has 1 atom stereocenters. The first-order valence-corrected chi connectivity index (χ1v) is 9.73. The van der Waals surface area contributed by atoms with Crippen LogP contribution in [0.5, 0.6) is 5.75 Å². The summed E-state index contributed by atoms with van der Waals surface area (Å²) in [4.78, 5) is 26.2. The Hall–Kier alpha value is -2.13. The zero-order valence-corrected chi connectivity index (χ0v) is 16.2. The molecule has 1 aliphatic heterocycles. The molecule has 1 aromatic rings. The minimum absolute atomic E-state index is 0.0345. The fraction of sp³-hybridized carbons (Fsp3) is 0.529. The highest BCUT2D eigenvalue weighted by atomic mass is 32.2. The normalized spacial score (nSPS) is 15.8. The predicted octanol–water partition coefficient (Wildman–Crippen LogP) is 1.11. The van der Waals surface area contributed by atoms with Crippen molar-refractivity contribution in [1.82, 2.24) is 9.21 Å². The quantitative estimate of drug-likeness (QED) is 0.682. The second kappa shape index (κ2) is 8.05. The molecule has 0 bridgehead atoms. The lowest BCUT2D eigenvalue weighted by molar-refractivity contribution is -0.138. The Labute approximate surface area is 153 Å². The maximum atomic E-state index is 12.4. The highest BCUT2D eigenvalue weighted by molar-refractivity contribution is 7.89. The zero-order chi connectivity index (χ0) is 19.5. The molecular weight excluding hydrogens is 360 g/mol. The number of likely N-dealkylation sites (tertiary alicyclic amines) is 1. The van der Waals surface area contributed by atoms with E-state index in [1.165, 1.54) is 46.3 Å². The summed E-state index contributed by atoms with van der Waals surface area (Å²) in [5.41, 5.74) is 0.0345. The SMILES string of the molecule is COc1ccc(C(=O)O[C@H](C)C(=O)N2CCCC2)cc1S(=O)(=O)N(C)C. The van der Waals surface area contributed by atoms with Gasteiger partial charge in [0.1, 0.15) is 10.6 Å². The van der Waals surface area contributed by atoms with Crippen LogP contribution < -0.4 is 4.74 Å². The van der Waals surface area contributed by atoms with Gasteiger partial charge in [0.2, 0.25) is 10.0 Å². The third kappa shape index (κ3) is 4.16. The summed E-state index contributed by atoms with van der Waals surface area (Å²) in [5.74, 6) is -0.884. The summed E-state index contributed by atoms with van der Waals surface area (Å²) in [7, 11) is 0.309. The molecule has 0 saturated carbocycles. The number of hydrogen-bond donors (Lipinski definition) is 0. The number of methoxy groups -OCH3 is 1. The van der Waals surface area contributed by atoms with Gasteiger partial charge < -0.3 is 14.4 Å². The molecule has 0 aliphatic carbocycles.